The average molecular weight is 287 g/mol. The van der Waals surface area contributed by atoms with E-state index in [0.717, 1.165) is 30.8 Å². The van der Waals surface area contributed by atoms with Crippen LogP contribution < -0.4 is 16.0 Å². The summed E-state index contributed by atoms with van der Waals surface area (Å²) < 4.78 is 5.61. The Morgan fingerprint density at radius 2 is 2.05 bits per heavy atom. The van der Waals surface area contributed by atoms with Crippen molar-refractivity contribution >= 4 is 0 Å². The highest BCUT2D eigenvalue weighted by molar-refractivity contribution is 5.56. The molecule has 0 aliphatic heterocycles. The third-order valence-corrected chi connectivity index (χ3v) is 3.09. The van der Waals surface area contributed by atoms with Crippen LogP contribution in [0.1, 0.15) is 25.5 Å². The molecular formula is C16H21N3O2. The number of hydrogen-bond acceptors (Lipinski definition) is 4. The molecule has 0 saturated carbocycles. The average Bonchev–Trinajstić information content (AvgIpc) is 2.48. The van der Waals surface area contributed by atoms with Crippen molar-refractivity contribution in [2.45, 2.75) is 26.2 Å². The second kappa shape index (κ2) is 7.59. The topological polar surface area (TPSA) is 81.0 Å². The van der Waals surface area contributed by atoms with Crippen LogP contribution in [0.25, 0.3) is 11.4 Å². The molecule has 0 radical (unpaired) electrons. The number of hydrogen-bond donors (Lipinski definition) is 2. The summed E-state index contributed by atoms with van der Waals surface area (Å²) in [5.74, 6) is 1.39. The second-order valence-corrected chi connectivity index (χ2v) is 4.85. The smallest absolute Gasteiger partial charge is 0.251 e. The molecule has 0 fully saturated rings. The van der Waals surface area contributed by atoms with Crippen molar-refractivity contribution in [1.29, 1.82) is 0 Å². The summed E-state index contributed by atoms with van der Waals surface area (Å²) in [5, 5.41) is 0. The number of nitrogens with two attached hydrogens (primary N) is 1. The van der Waals surface area contributed by atoms with Gasteiger partial charge in [0.2, 0.25) is 0 Å². The quantitative estimate of drug-likeness (QED) is 0.764. The second-order valence-electron chi connectivity index (χ2n) is 4.85. The van der Waals surface area contributed by atoms with Gasteiger partial charge < -0.3 is 15.5 Å². The minimum absolute atomic E-state index is 0.160. The van der Waals surface area contributed by atoms with Gasteiger partial charge in [-0.2, -0.15) is 0 Å². The van der Waals surface area contributed by atoms with Crippen LogP contribution in [0.5, 0.6) is 5.75 Å². The molecule has 21 heavy (non-hydrogen) atoms. The highest BCUT2D eigenvalue weighted by atomic mass is 16.5. The highest BCUT2D eigenvalue weighted by Gasteiger charge is 2.04. The first kappa shape index (κ1) is 15.3. The summed E-state index contributed by atoms with van der Waals surface area (Å²) in [6, 6.07) is 9.05. The van der Waals surface area contributed by atoms with Gasteiger partial charge >= 0.3 is 0 Å². The van der Waals surface area contributed by atoms with Crippen LogP contribution in [-0.4, -0.2) is 23.1 Å². The van der Waals surface area contributed by atoms with E-state index in [1.54, 1.807) is 0 Å². The fourth-order valence-electron chi connectivity index (χ4n) is 1.96. The zero-order valence-electron chi connectivity index (χ0n) is 12.3. The van der Waals surface area contributed by atoms with Crippen molar-refractivity contribution in [2.24, 2.45) is 5.73 Å². The maximum Gasteiger partial charge on any atom is 0.251 e. The van der Waals surface area contributed by atoms with Crippen molar-refractivity contribution in [1.82, 2.24) is 9.97 Å². The van der Waals surface area contributed by atoms with Gasteiger partial charge in [-0.05, 0) is 37.2 Å². The van der Waals surface area contributed by atoms with E-state index < -0.39 is 0 Å². The van der Waals surface area contributed by atoms with Crippen LogP contribution in [-0.2, 0) is 6.42 Å². The number of aromatic nitrogens is 2. The van der Waals surface area contributed by atoms with Crippen molar-refractivity contribution in [3.8, 4) is 17.1 Å². The largest absolute Gasteiger partial charge is 0.494 e. The third kappa shape index (κ3) is 4.43. The molecule has 0 aliphatic rings. The molecule has 2 rings (SSSR count). The monoisotopic (exact) mass is 287 g/mol. The molecule has 0 aliphatic carbocycles. The maximum atomic E-state index is 11.6. The lowest BCUT2D eigenvalue weighted by atomic mass is 10.2. The molecule has 1 aromatic heterocycles. The van der Waals surface area contributed by atoms with Gasteiger partial charge in [-0.3, -0.25) is 4.79 Å². The van der Waals surface area contributed by atoms with Crippen molar-refractivity contribution in [3.05, 3.63) is 46.4 Å². The lowest BCUT2D eigenvalue weighted by molar-refractivity contribution is 0.309. The zero-order valence-corrected chi connectivity index (χ0v) is 12.3. The van der Waals surface area contributed by atoms with Crippen LogP contribution >= 0.6 is 0 Å². The first-order valence-electron chi connectivity index (χ1n) is 7.26. The fraction of sp³-hybridized carbons (Fsp3) is 0.375. The van der Waals surface area contributed by atoms with E-state index in [-0.39, 0.29) is 5.56 Å². The van der Waals surface area contributed by atoms with Gasteiger partial charge in [-0.1, -0.05) is 13.3 Å². The van der Waals surface area contributed by atoms with E-state index in [0.29, 0.717) is 24.5 Å². The standard InChI is InChI=1S/C16H21N3O2/c1-2-3-10-21-14-6-4-12(5-7-14)16-18-13(8-9-17)11-15(20)19-16/h4-7,11H,2-3,8-10,17H2,1H3,(H,18,19,20). The Hall–Kier alpha value is -2.14. The number of H-pyrrole nitrogens is 1. The predicted octanol–water partition coefficient (Wildman–Crippen LogP) is 2.12. The molecule has 0 atom stereocenters. The van der Waals surface area contributed by atoms with Gasteiger partial charge in [-0.15, -0.1) is 0 Å². The molecule has 1 aromatic carbocycles. The Bertz CT molecular complexity index is 620. The van der Waals surface area contributed by atoms with Crippen LogP contribution in [0, 0.1) is 0 Å². The van der Waals surface area contributed by atoms with Crippen LogP contribution in [0.15, 0.2) is 35.1 Å². The molecule has 5 nitrogen and oxygen atoms in total. The fourth-order valence-corrected chi connectivity index (χ4v) is 1.96. The lowest BCUT2D eigenvalue weighted by Gasteiger charge is -2.07. The molecular weight excluding hydrogens is 266 g/mol. The van der Waals surface area contributed by atoms with E-state index in [1.165, 1.54) is 6.07 Å². The molecule has 0 bridgehead atoms. The summed E-state index contributed by atoms with van der Waals surface area (Å²) >= 11 is 0. The summed E-state index contributed by atoms with van der Waals surface area (Å²) in [6.45, 7) is 3.32. The maximum absolute atomic E-state index is 11.6. The Morgan fingerprint density at radius 3 is 2.71 bits per heavy atom. The summed E-state index contributed by atoms with van der Waals surface area (Å²) in [7, 11) is 0. The van der Waals surface area contributed by atoms with Gasteiger partial charge in [0, 0.05) is 23.7 Å². The zero-order chi connectivity index (χ0) is 15.1. The molecule has 3 N–H and O–H groups in total. The number of ether oxygens (including phenoxy) is 1. The van der Waals surface area contributed by atoms with Gasteiger partial charge in [0.25, 0.3) is 5.56 Å². The number of rotatable bonds is 7. The van der Waals surface area contributed by atoms with E-state index in [4.69, 9.17) is 10.5 Å². The minimum atomic E-state index is -0.160. The Morgan fingerprint density at radius 1 is 1.29 bits per heavy atom. The molecule has 0 amide bonds. The molecule has 112 valence electrons. The summed E-state index contributed by atoms with van der Waals surface area (Å²) in [4.78, 5) is 18.8. The van der Waals surface area contributed by atoms with E-state index in [9.17, 15) is 4.79 Å². The first-order chi connectivity index (χ1) is 10.2. The number of aromatic amines is 1. The SMILES string of the molecule is CCCCOc1ccc(-c2nc(CCN)cc(=O)[nH]2)cc1. The van der Waals surface area contributed by atoms with Crippen LogP contribution in [0.2, 0.25) is 0 Å². The van der Waals surface area contributed by atoms with Gasteiger partial charge in [-0.25, -0.2) is 4.98 Å². The Balaban J connectivity index is 2.16. The molecule has 1 heterocycles. The van der Waals surface area contributed by atoms with E-state index >= 15 is 0 Å². The normalized spacial score (nSPS) is 10.6. The molecule has 5 heteroatoms. The van der Waals surface area contributed by atoms with Crippen LogP contribution in [0.3, 0.4) is 0 Å². The first-order valence-corrected chi connectivity index (χ1v) is 7.26. The van der Waals surface area contributed by atoms with Gasteiger partial charge in [0.05, 0.1) is 6.61 Å². The highest BCUT2D eigenvalue weighted by Crippen LogP contribution is 2.19. The van der Waals surface area contributed by atoms with Crippen molar-refractivity contribution in [2.75, 3.05) is 13.2 Å². The Kier molecular flexibility index (Phi) is 5.51. The van der Waals surface area contributed by atoms with Gasteiger partial charge in [0.15, 0.2) is 0 Å². The molecule has 0 saturated heterocycles. The molecule has 0 unspecified atom stereocenters. The van der Waals surface area contributed by atoms with E-state index in [1.807, 2.05) is 24.3 Å². The van der Waals surface area contributed by atoms with Gasteiger partial charge in [0.1, 0.15) is 11.6 Å². The summed E-state index contributed by atoms with van der Waals surface area (Å²) in [6.07, 6.45) is 2.74. The van der Waals surface area contributed by atoms with Crippen molar-refractivity contribution < 1.29 is 4.74 Å². The Labute approximate surface area is 124 Å². The number of unbranched alkanes of at least 4 members (excludes halogenated alkanes) is 1. The lowest BCUT2D eigenvalue weighted by Crippen LogP contribution is -2.13. The number of nitrogens with one attached hydrogen (secondary N) is 1. The third-order valence-electron chi connectivity index (χ3n) is 3.09. The predicted molar refractivity (Wildman–Crippen MR) is 83.5 cm³/mol. The molecule has 0 spiro atoms. The number of benzene rings is 1. The van der Waals surface area contributed by atoms with Crippen LogP contribution in [0.4, 0.5) is 0 Å². The van der Waals surface area contributed by atoms with Crippen molar-refractivity contribution in [3.63, 3.8) is 0 Å². The summed E-state index contributed by atoms with van der Waals surface area (Å²) in [5.41, 5.74) is 6.91. The molecule has 2 aromatic rings. The minimum Gasteiger partial charge on any atom is -0.494 e. The number of nitrogens with zero attached hydrogens (tertiary/aromatic N) is 1. The van der Waals surface area contributed by atoms with E-state index in [2.05, 4.69) is 16.9 Å².